The molecule has 0 saturated carbocycles. The molecule has 0 aliphatic heterocycles. The molecule has 0 amide bonds. The van der Waals surface area contributed by atoms with Crippen molar-refractivity contribution in [3.63, 3.8) is 0 Å². The van der Waals surface area contributed by atoms with Crippen LogP contribution in [0.5, 0.6) is 11.5 Å². The van der Waals surface area contributed by atoms with Gasteiger partial charge < -0.3 is 14.4 Å². The summed E-state index contributed by atoms with van der Waals surface area (Å²) in [5.74, 6) is 1.25. The van der Waals surface area contributed by atoms with Crippen LogP contribution in [0.4, 0.5) is 0 Å². The first kappa shape index (κ1) is 25.3. The third-order valence-corrected chi connectivity index (χ3v) is 5.29. The molecule has 0 atom stereocenters. The van der Waals surface area contributed by atoms with Crippen molar-refractivity contribution in [3.8, 4) is 22.6 Å². The molecule has 0 saturated heterocycles. The maximum atomic E-state index is 13.1. The van der Waals surface area contributed by atoms with Gasteiger partial charge in [0.2, 0.25) is 0 Å². The summed E-state index contributed by atoms with van der Waals surface area (Å²) >= 11 is 0. The minimum atomic E-state index is -0.104. The van der Waals surface area contributed by atoms with Crippen molar-refractivity contribution < 1.29 is 14.3 Å². The minimum absolute atomic E-state index is 0.0101. The number of carbonyl (C=O) groups is 1. The van der Waals surface area contributed by atoms with Crippen LogP contribution in [-0.2, 0) is 0 Å². The van der Waals surface area contributed by atoms with Crippen molar-refractivity contribution in [3.05, 3.63) is 89.0 Å². The van der Waals surface area contributed by atoms with Crippen LogP contribution in [0.3, 0.4) is 0 Å². The highest BCUT2D eigenvalue weighted by Crippen LogP contribution is 2.30. The number of rotatable bonds is 10. The molecule has 3 aromatic rings. The topological polar surface area (TPSA) is 38.8 Å². The van der Waals surface area contributed by atoms with Crippen LogP contribution in [0.25, 0.3) is 17.2 Å². The zero-order valence-electron chi connectivity index (χ0n) is 21.1. The van der Waals surface area contributed by atoms with Crippen LogP contribution in [0.1, 0.15) is 40.9 Å². The normalized spacial score (nSPS) is 11.4. The van der Waals surface area contributed by atoms with E-state index in [9.17, 15) is 4.79 Å². The van der Waals surface area contributed by atoms with Gasteiger partial charge in [-0.3, -0.25) is 4.79 Å². The SMILES string of the molecule is Cc1cc(C)cc(-c2ccc(OCCN(C)C)c(C=CC(=O)c3ccccc3OC(C)C)c2)c1. The molecule has 4 heteroatoms. The number of hydrogen-bond acceptors (Lipinski definition) is 4. The number of likely N-dealkylation sites (N-methyl/N-ethyl adjacent to an activating group) is 1. The van der Waals surface area contributed by atoms with Crippen LogP contribution >= 0.6 is 0 Å². The van der Waals surface area contributed by atoms with Gasteiger partial charge in [0.15, 0.2) is 5.78 Å². The van der Waals surface area contributed by atoms with Crippen molar-refractivity contribution in [2.24, 2.45) is 0 Å². The second-order valence-electron chi connectivity index (χ2n) is 9.14. The van der Waals surface area contributed by atoms with Crippen molar-refractivity contribution in [1.29, 1.82) is 0 Å². The van der Waals surface area contributed by atoms with E-state index in [1.807, 2.05) is 58.3 Å². The molecule has 0 aliphatic carbocycles. The summed E-state index contributed by atoms with van der Waals surface area (Å²) < 4.78 is 11.9. The maximum absolute atomic E-state index is 13.1. The molecule has 0 radical (unpaired) electrons. The third kappa shape index (κ3) is 7.06. The Bertz CT molecular complexity index is 1140. The molecule has 0 bridgehead atoms. The second-order valence-corrected chi connectivity index (χ2v) is 9.14. The highest BCUT2D eigenvalue weighted by atomic mass is 16.5. The zero-order chi connectivity index (χ0) is 24.7. The smallest absolute Gasteiger partial charge is 0.189 e. The van der Waals surface area contributed by atoms with Crippen LogP contribution in [0, 0.1) is 13.8 Å². The molecule has 34 heavy (non-hydrogen) atoms. The molecular formula is C30H35NO3. The highest BCUT2D eigenvalue weighted by molar-refractivity contribution is 6.08. The highest BCUT2D eigenvalue weighted by Gasteiger charge is 2.12. The molecule has 0 fully saturated rings. The van der Waals surface area contributed by atoms with Crippen LogP contribution < -0.4 is 9.47 Å². The average molecular weight is 458 g/mol. The van der Waals surface area contributed by atoms with Crippen LogP contribution in [0.15, 0.2) is 66.7 Å². The number of ketones is 1. The predicted octanol–water partition coefficient (Wildman–Crippen LogP) is 6.59. The summed E-state index contributed by atoms with van der Waals surface area (Å²) in [5, 5.41) is 0. The van der Waals surface area contributed by atoms with E-state index < -0.39 is 0 Å². The first-order valence-corrected chi connectivity index (χ1v) is 11.7. The zero-order valence-corrected chi connectivity index (χ0v) is 21.1. The van der Waals surface area contributed by atoms with Crippen molar-refractivity contribution >= 4 is 11.9 Å². The second kappa shape index (κ2) is 11.7. The van der Waals surface area contributed by atoms with Gasteiger partial charge in [0.25, 0.3) is 0 Å². The van der Waals surface area contributed by atoms with Gasteiger partial charge >= 0.3 is 0 Å². The summed E-state index contributed by atoms with van der Waals surface area (Å²) in [6.45, 7) is 9.48. The van der Waals surface area contributed by atoms with E-state index in [4.69, 9.17) is 9.47 Å². The number of para-hydroxylation sites is 1. The lowest BCUT2D eigenvalue weighted by atomic mass is 9.98. The number of benzene rings is 3. The molecule has 0 aliphatic rings. The lowest BCUT2D eigenvalue weighted by Gasteiger charge is -2.15. The van der Waals surface area contributed by atoms with E-state index >= 15 is 0 Å². The summed E-state index contributed by atoms with van der Waals surface area (Å²) in [5.41, 5.74) is 6.08. The van der Waals surface area contributed by atoms with Crippen molar-refractivity contribution in [2.75, 3.05) is 27.2 Å². The average Bonchev–Trinajstić information content (AvgIpc) is 2.77. The van der Waals surface area contributed by atoms with E-state index in [-0.39, 0.29) is 11.9 Å². The van der Waals surface area contributed by atoms with Gasteiger partial charge in [0.1, 0.15) is 18.1 Å². The summed E-state index contributed by atoms with van der Waals surface area (Å²) in [6, 6.07) is 20.0. The van der Waals surface area contributed by atoms with Gasteiger partial charge in [0.05, 0.1) is 11.7 Å². The van der Waals surface area contributed by atoms with Gasteiger partial charge in [-0.05, 0) is 89.3 Å². The lowest BCUT2D eigenvalue weighted by molar-refractivity contribution is 0.104. The number of allylic oxidation sites excluding steroid dienone is 1. The van der Waals surface area contributed by atoms with Crippen LogP contribution in [-0.4, -0.2) is 44.0 Å². The first-order valence-electron chi connectivity index (χ1n) is 11.7. The lowest BCUT2D eigenvalue weighted by Crippen LogP contribution is -2.19. The Labute approximate surface area is 203 Å². The third-order valence-electron chi connectivity index (χ3n) is 5.29. The number of carbonyl (C=O) groups excluding carboxylic acids is 1. The van der Waals surface area contributed by atoms with E-state index in [2.05, 4.69) is 49.1 Å². The number of hydrogen-bond donors (Lipinski definition) is 0. The molecular weight excluding hydrogens is 422 g/mol. The number of aryl methyl sites for hydroxylation is 2. The van der Waals surface area contributed by atoms with Crippen molar-refractivity contribution in [1.82, 2.24) is 4.90 Å². The Morgan fingerprint density at radius 1 is 0.912 bits per heavy atom. The molecule has 0 spiro atoms. The predicted molar refractivity (Wildman–Crippen MR) is 141 cm³/mol. The monoisotopic (exact) mass is 457 g/mol. The fraction of sp³-hybridized carbons (Fsp3) is 0.300. The summed E-state index contributed by atoms with van der Waals surface area (Å²) in [6.07, 6.45) is 3.43. The maximum Gasteiger partial charge on any atom is 0.189 e. The Morgan fingerprint density at radius 3 is 2.29 bits per heavy atom. The van der Waals surface area contributed by atoms with Gasteiger partial charge in [0, 0.05) is 12.1 Å². The molecule has 4 nitrogen and oxygen atoms in total. The van der Waals surface area contributed by atoms with Gasteiger partial charge in [-0.25, -0.2) is 0 Å². The molecule has 3 rings (SSSR count). The molecule has 0 heterocycles. The Balaban J connectivity index is 1.95. The Morgan fingerprint density at radius 2 is 1.62 bits per heavy atom. The minimum Gasteiger partial charge on any atom is -0.492 e. The summed E-state index contributed by atoms with van der Waals surface area (Å²) in [7, 11) is 4.03. The standard InChI is InChI=1S/C30H35NO3/c1-21(2)34-30-10-8-7-9-27(30)28(32)13-11-25-20-24(26-18-22(3)17-23(4)19-26)12-14-29(25)33-16-15-31(5)6/h7-14,17-21H,15-16H2,1-6H3. The fourth-order valence-electron chi connectivity index (χ4n) is 3.75. The van der Waals surface area contributed by atoms with E-state index in [1.54, 1.807) is 12.1 Å². The van der Waals surface area contributed by atoms with E-state index in [0.29, 0.717) is 17.9 Å². The van der Waals surface area contributed by atoms with E-state index in [0.717, 1.165) is 29.0 Å². The Kier molecular flexibility index (Phi) is 8.67. The number of nitrogens with zero attached hydrogens (tertiary/aromatic N) is 1. The summed E-state index contributed by atoms with van der Waals surface area (Å²) in [4.78, 5) is 15.1. The molecule has 0 N–H and O–H groups in total. The molecule has 3 aromatic carbocycles. The van der Waals surface area contributed by atoms with Crippen molar-refractivity contribution in [2.45, 2.75) is 33.8 Å². The molecule has 0 unspecified atom stereocenters. The number of ether oxygens (including phenoxy) is 2. The quantitative estimate of drug-likeness (QED) is 0.254. The Hall–Kier alpha value is -3.37. The van der Waals surface area contributed by atoms with E-state index in [1.165, 1.54) is 11.1 Å². The van der Waals surface area contributed by atoms with Gasteiger partial charge in [-0.15, -0.1) is 0 Å². The molecule has 0 aromatic heterocycles. The first-order chi connectivity index (χ1) is 16.2. The van der Waals surface area contributed by atoms with Gasteiger partial charge in [-0.2, -0.15) is 0 Å². The van der Waals surface area contributed by atoms with Crippen LogP contribution in [0.2, 0.25) is 0 Å². The van der Waals surface area contributed by atoms with Gasteiger partial charge in [-0.1, -0.05) is 47.5 Å². The molecule has 178 valence electrons. The largest absolute Gasteiger partial charge is 0.492 e. The fourth-order valence-corrected chi connectivity index (χ4v) is 3.75.